The first kappa shape index (κ1) is 21.0. The summed E-state index contributed by atoms with van der Waals surface area (Å²) in [5.41, 5.74) is 0. The molecule has 0 fully saturated rings. The zero-order valence-corrected chi connectivity index (χ0v) is 13.7. The highest BCUT2D eigenvalue weighted by atomic mass is 32.2. The number of hydrogen-bond acceptors (Lipinski definition) is 5. The van der Waals surface area contributed by atoms with Crippen molar-refractivity contribution in [3.8, 4) is 11.5 Å². The number of aliphatic hydroxyl groups is 1. The molecule has 6 heteroatoms. The highest BCUT2D eigenvalue weighted by Gasteiger charge is 1.99. The van der Waals surface area contributed by atoms with Gasteiger partial charge in [-0.05, 0) is 19.1 Å². The minimum atomic E-state index is -2.92. The van der Waals surface area contributed by atoms with Gasteiger partial charge in [-0.25, -0.2) is 8.42 Å². The van der Waals surface area contributed by atoms with Crippen molar-refractivity contribution in [3.63, 3.8) is 0 Å². The third kappa shape index (κ3) is 11.8. The first-order chi connectivity index (χ1) is 9.44. The molecule has 0 saturated heterocycles. The molecule has 1 rings (SSSR count). The van der Waals surface area contributed by atoms with Crippen LogP contribution in [0.4, 0.5) is 0 Å². The second-order valence-electron chi connectivity index (χ2n) is 3.44. The minimum absolute atomic E-state index is 0.132. The van der Waals surface area contributed by atoms with Gasteiger partial charge in [0.05, 0.1) is 26.1 Å². The Kier molecular flexibility index (Phi) is 13.4. The van der Waals surface area contributed by atoms with E-state index in [0.717, 1.165) is 17.8 Å². The molecule has 0 amide bonds. The molecular formula is C14H26O5S. The molecule has 0 spiro atoms. The van der Waals surface area contributed by atoms with Gasteiger partial charge in [-0.2, -0.15) is 0 Å². The lowest BCUT2D eigenvalue weighted by molar-refractivity contribution is 0.311. The van der Waals surface area contributed by atoms with Crippen molar-refractivity contribution in [2.24, 2.45) is 0 Å². The van der Waals surface area contributed by atoms with E-state index in [1.54, 1.807) is 7.11 Å². The Morgan fingerprint density at radius 3 is 1.95 bits per heavy atom. The summed E-state index contributed by atoms with van der Waals surface area (Å²) in [4.78, 5) is 0. The highest BCUT2D eigenvalue weighted by molar-refractivity contribution is 7.90. The molecule has 1 aromatic rings. The van der Waals surface area contributed by atoms with Gasteiger partial charge in [0, 0.05) is 6.26 Å². The maximum Gasteiger partial charge on any atom is 0.161 e. The molecule has 5 nitrogen and oxygen atoms in total. The molecule has 0 atom stereocenters. The molecule has 0 aliphatic carbocycles. The van der Waals surface area contributed by atoms with Crippen molar-refractivity contribution in [1.82, 2.24) is 0 Å². The highest BCUT2D eigenvalue weighted by Crippen LogP contribution is 2.25. The monoisotopic (exact) mass is 306 g/mol. The van der Waals surface area contributed by atoms with Crippen molar-refractivity contribution >= 4 is 9.84 Å². The summed E-state index contributed by atoms with van der Waals surface area (Å²) in [5.74, 6) is 1.46. The van der Waals surface area contributed by atoms with Crippen LogP contribution in [0.5, 0.6) is 11.5 Å². The lowest BCUT2D eigenvalue weighted by atomic mass is 10.3. The Balaban J connectivity index is 0. The Hall–Kier alpha value is -1.27. The van der Waals surface area contributed by atoms with Gasteiger partial charge in [-0.1, -0.05) is 26.0 Å². The van der Waals surface area contributed by atoms with Crippen LogP contribution in [0.15, 0.2) is 24.3 Å². The van der Waals surface area contributed by atoms with Crippen LogP contribution in [-0.4, -0.2) is 45.9 Å². The molecule has 118 valence electrons. The van der Waals surface area contributed by atoms with Crippen molar-refractivity contribution in [1.29, 1.82) is 0 Å². The summed E-state index contributed by atoms with van der Waals surface area (Å²) in [7, 11) is -1.29. The van der Waals surface area contributed by atoms with Crippen LogP contribution in [0.3, 0.4) is 0 Å². The van der Waals surface area contributed by atoms with Crippen molar-refractivity contribution in [3.05, 3.63) is 24.3 Å². The van der Waals surface area contributed by atoms with E-state index < -0.39 is 9.84 Å². The van der Waals surface area contributed by atoms with Gasteiger partial charge in [-0.3, -0.25) is 0 Å². The standard InChI is InChI=1S/C9H12O2.C3H8O3S.C2H6/c1-3-11-9-7-5-4-6-8(9)10-2;1-7(5,6)3-2-4;1-2/h4-7H,3H2,1-2H3;4H,2-3H2,1H3;1-2H3. The summed E-state index contributed by atoms with van der Waals surface area (Å²) in [6.45, 7) is 6.34. The van der Waals surface area contributed by atoms with Crippen molar-refractivity contribution < 1.29 is 23.0 Å². The molecule has 0 aromatic heterocycles. The predicted molar refractivity (Wildman–Crippen MR) is 82.3 cm³/mol. The predicted octanol–water partition coefficient (Wildman–Crippen LogP) is 2.14. The molecule has 0 aliphatic rings. The fourth-order valence-corrected chi connectivity index (χ4v) is 1.39. The minimum Gasteiger partial charge on any atom is -0.493 e. The SMILES string of the molecule is CC.CCOc1ccccc1OC.CS(=O)(=O)CCO. The molecule has 20 heavy (non-hydrogen) atoms. The van der Waals surface area contributed by atoms with Gasteiger partial charge in [-0.15, -0.1) is 0 Å². The fourth-order valence-electron chi connectivity index (χ4n) is 1.06. The Morgan fingerprint density at radius 2 is 1.65 bits per heavy atom. The van der Waals surface area contributed by atoms with Crippen LogP contribution in [0.1, 0.15) is 20.8 Å². The van der Waals surface area contributed by atoms with Crippen LogP contribution < -0.4 is 9.47 Å². The van der Waals surface area contributed by atoms with Crippen LogP contribution in [0, 0.1) is 0 Å². The fraction of sp³-hybridized carbons (Fsp3) is 0.571. The Bertz CT molecular complexity index is 429. The number of methoxy groups -OCH3 is 1. The number of aliphatic hydroxyl groups excluding tert-OH is 1. The summed E-state index contributed by atoms with van der Waals surface area (Å²) in [5, 5.41) is 8.02. The summed E-state index contributed by atoms with van der Waals surface area (Å²) < 4.78 is 30.5. The third-order valence-electron chi connectivity index (χ3n) is 1.83. The van der Waals surface area contributed by atoms with Gasteiger partial charge in [0.15, 0.2) is 11.5 Å². The maximum absolute atomic E-state index is 10.1. The largest absolute Gasteiger partial charge is 0.493 e. The van der Waals surface area contributed by atoms with Gasteiger partial charge in [0.25, 0.3) is 0 Å². The second-order valence-corrected chi connectivity index (χ2v) is 5.70. The number of rotatable bonds is 5. The molecule has 0 heterocycles. The first-order valence-corrected chi connectivity index (χ1v) is 8.55. The lowest BCUT2D eigenvalue weighted by Gasteiger charge is -2.07. The average molecular weight is 306 g/mol. The van der Waals surface area contributed by atoms with Crippen LogP contribution in [0.25, 0.3) is 0 Å². The molecule has 0 bridgehead atoms. The molecule has 0 aliphatic heterocycles. The smallest absolute Gasteiger partial charge is 0.161 e. The second kappa shape index (κ2) is 12.7. The van der Waals surface area contributed by atoms with Crippen LogP contribution >= 0.6 is 0 Å². The third-order valence-corrected chi connectivity index (χ3v) is 2.76. The number of sulfone groups is 1. The van der Waals surface area contributed by atoms with Crippen LogP contribution in [-0.2, 0) is 9.84 Å². The average Bonchev–Trinajstić information content (AvgIpc) is 2.41. The molecule has 0 unspecified atom stereocenters. The topological polar surface area (TPSA) is 72.8 Å². The van der Waals surface area contributed by atoms with E-state index in [9.17, 15) is 8.42 Å². The van der Waals surface area contributed by atoms with Gasteiger partial charge in [0.1, 0.15) is 9.84 Å². The van der Waals surface area contributed by atoms with Crippen LogP contribution in [0.2, 0.25) is 0 Å². The van der Waals surface area contributed by atoms with Gasteiger partial charge < -0.3 is 14.6 Å². The zero-order valence-electron chi connectivity index (χ0n) is 12.9. The number of para-hydroxylation sites is 2. The number of benzene rings is 1. The quantitative estimate of drug-likeness (QED) is 0.902. The van der Waals surface area contributed by atoms with E-state index in [-0.39, 0.29) is 12.4 Å². The van der Waals surface area contributed by atoms with E-state index in [0.29, 0.717) is 6.61 Å². The number of hydrogen-bond donors (Lipinski definition) is 1. The van der Waals surface area contributed by atoms with E-state index in [2.05, 4.69) is 0 Å². The molecule has 0 saturated carbocycles. The summed E-state index contributed by atoms with van der Waals surface area (Å²) in [6.07, 6.45) is 1.09. The summed E-state index contributed by atoms with van der Waals surface area (Å²) >= 11 is 0. The molecule has 0 radical (unpaired) electrons. The maximum atomic E-state index is 10.1. The van der Waals surface area contributed by atoms with E-state index >= 15 is 0 Å². The lowest BCUT2D eigenvalue weighted by Crippen LogP contribution is -2.05. The summed E-state index contributed by atoms with van der Waals surface area (Å²) in [6, 6.07) is 7.61. The zero-order chi connectivity index (χ0) is 16.0. The first-order valence-electron chi connectivity index (χ1n) is 6.49. The van der Waals surface area contributed by atoms with E-state index in [1.807, 2.05) is 45.0 Å². The Labute approximate surface area is 122 Å². The molecule has 1 aromatic carbocycles. The normalized spacial score (nSPS) is 9.50. The van der Waals surface area contributed by atoms with Gasteiger partial charge in [0.2, 0.25) is 0 Å². The van der Waals surface area contributed by atoms with E-state index in [4.69, 9.17) is 14.6 Å². The van der Waals surface area contributed by atoms with E-state index in [1.165, 1.54) is 0 Å². The number of ether oxygens (including phenoxy) is 2. The van der Waals surface area contributed by atoms with Gasteiger partial charge >= 0.3 is 0 Å². The molecular weight excluding hydrogens is 280 g/mol. The van der Waals surface area contributed by atoms with Crippen molar-refractivity contribution in [2.45, 2.75) is 20.8 Å². The molecule has 1 N–H and O–H groups in total. The Morgan fingerprint density at radius 1 is 1.15 bits per heavy atom. The van der Waals surface area contributed by atoms with Crippen molar-refractivity contribution in [2.75, 3.05) is 32.3 Å².